The van der Waals surface area contributed by atoms with Gasteiger partial charge in [-0.25, -0.2) is 0 Å². The van der Waals surface area contributed by atoms with Crippen molar-refractivity contribution in [2.75, 3.05) is 18.0 Å². The largest absolute Gasteiger partial charge is 0.481 e. The molecule has 1 fully saturated rings. The molecule has 0 spiro atoms. The molecule has 0 atom stereocenters. The maximum Gasteiger partial charge on any atom is 0.306 e. The molecule has 2 aromatic rings. The summed E-state index contributed by atoms with van der Waals surface area (Å²) >= 11 is 5.88. The Morgan fingerprint density at radius 2 is 1.95 bits per heavy atom. The van der Waals surface area contributed by atoms with Gasteiger partial charge in [0.05, 0.1) is 11.6 Å². The van der Waals surface area contributed by atoms with Crippen molar-refractivity contribution in [3.63, 3.8) is 0 Å². The second-order valence-electron chi connectivity index (χ2n) is 5.25. The van der Waals surface area contributed by atoms with Crippen molar-refractivity contribution in [1.29, 1.82) is 0 Å². The fraction of sp³-hybridized carbons (Fsp3) is 0.333. The zero-order valence-electron chi connectivity index (χ0n) is 11.4. The van der Waals surface area contributed by atoms with Gasteiger partial charge in [0.1, 0.15) is 0 Å². The van der Waals surface area contributed by atoms with Crippen LogP contribution in [0.3, 0.4) is 0 Å². The third-order valence-corrected chi connectivity index (χ3v) is 4.14. The van der Waals surface area contributed by atoms with Gasteiger partial charge in [-0.2, -0.15) is 5.10 Å². The molecule has 3 rings (SSSR count). The highest BCUT2D eigenvalue weighted by Crippen LogP contribution is 2.26. The molecule has 1 aromatic heterocycles. The average Bonchev–Trinajstić information content (AvgIpc) is 2.98. The quantitative estimate of drug-likeness (QED) is 0.914. The number of H-pyrrole nitrogens is 1. The minimum Gasteiger partial charge on any atom is -0.481 e. The van der Waals surface area contributed by atoms with Crippen LogP contribution in [0.25, 0.3) is 11.3 Å². The van der Waals surface area contributed by atoms with Gasteiger partial charge in [-0.1, -0.05) is 23.7 Å². The maximum atomic E-state index is 11.0. The second kappa shape index (κ2) is 5.77. The fourth-order valence-corrected chi connectivity index (χ4v) is 2.73. The monoisotopic (exact) mass is 305 g/mol. The van der Waals surface area contributed by atoms with Gasteiger partial charge in [-0.3, -0.25) is 9.89 Å². The first kappa shape index (κ1) is 13.9. The molecule has 2 heterocycles. The van der Waals surface area contributed by atoms with E-state index in [4.69, 9.17) is 16.7 Å². The lowest BCUT2D eigenvalue weighted by Crippen LogP contribution is -2.36. The summed E-state index contributed by atoms with van der Waals surface area (Å²) in [5.74, 6) is -0.0572. The Labute approximate surface area is 127 Å². The number of benzene rings is 1. The molecular formula is C15H16ClN3O2. The van der Waals surface area contributed by atoms with Crippen LogP contribution in [-0.2, 0) is 4.79 Å². The Balaban J connectivity index is 1.71. The number of carboxylic acid groups (broad SMARTS) is 1. The zero-order valence-corrected chi connectivity index (χ0v) is 12.2. The average molecular weight is 306 g/mol. The highest BCUT2D eigenvalue weighted by molar-refractivity contribution is 6.30. The van der Waals surface area contributed by atoms with E-state index in [0.29, 0.717) is 17.9 Å². The fourth-order valence-electron chi connectivity index (χ4n) is 2.61. The lowest BCUT2D eigenvalue weighted by atomic mass is 9.97. The number of rotatable bonds is 3. The molecule has 110 valence electrons. The highest BCUT2D eigenvalue weighted by atomic mass is 35.5. The van der Waals surface area contributed by atoms with Gasteiger partial charge in [0.2, 0.25) is 0 Å². The number of aromatic nitrogens is 2. The smallest absolute Gasteiger partial charge is 0.306 e. The summed E-state index contributed by atoms with van der Waals surface area (Å²) < 4.78 is 0. The molecule has 1 saturated heterocycles. The van der Waals surface area contributed by atoms with Gasteiger partial charge < -0.3 is 10.0 Å². The van der Waals surface area contributed by atoms with Crippen LogP contribution in [0.15, 0.2) is 30.3 Å². The number of anilines is 1. The lowest BCUT2D eigenvalue weighted by Gasteiger charge is -2.29. The van der Waals surface area contributed by atoms with Crippen LogP contribution in [0.2, 0.25) is 5.02 Å². The van der Waals surface area contributed by atoms with E-state index in [2.05, 4.69) is 15.1 Å². The first-order valence-corrected chi connectivity index (χ1v) is 7.30. The van der Waals surface area contributed by atoms with Crippen LogP contribution < -0.4 is 4.90 Å². The molecule has 0 saturated carbocycles. The van der Waals surface area contributed by atoms with Crippen molar-refractivity contribution >= 4 is 23.4 Å². The molecule has 1 aromatic carbocycles. The Morgan fingerprint density at radius 3 is 2.57 bits per heavy atom. The van der Waals surface area contributed by atoms with Crippen molar-refractivity contribution < 1.29 is 9.90 Å². The third kappa shape index (κ3) is 3.03. The molecule has 0 aliphatic carbocycles. The lowest BCUT2D eigenvalue weighted by molar-refractivity contribution is -0.142. The van der Waals surface area contributed by atoms with E-state index < -0.39 is 5.97 Å². The van der Waals surface area contributed by atoms with Crippen molar-refractivity contribution in [1.82, 2.24) is 10.2 Å². The van der Waals surface area contributed by atoms with Gasteiger partial charge >= 0.3 is 5.97 Å². The Hall–Kier alpha value is -2.01. The Kier molecular flexibility index (Phi) is 3.84. The number of carboxylic acids is 1. The molecule has 2 N–H and O–H groups in total. The summed E-state index contributed by atoms with van der Waals surface area (Å²) in [6.07, 6.45) is 1.33. The van der Waals surface area contributed by atoms with E-state index in [1.165, 1.54) is 0 Å². The summed E-state index contributed by atoms with van der Waals surface area (Å²) in [4.78, 5) is 13.1. The number of nitrogens with zero attached hydrogens (tertiary/aromatic N) is 2. The SMILES string of the molecule is O=C(O)C1CCN(c2cc(-c3ccc(Cl)cc3)[nH]n2)CC1. The predicted molar refractivity (Wildman–Crippen MR) is 81.6 cm³/mol. The number of halogens is 1. The van der Waals surface area contributed by atoms with Crippen molar-refractivity contribution in [2.45, 2.75) is 12.8 Å². The summed E-state index contributed by atoms with van der Waals surface area (Å²) in [7, 11) is 0. The Bertz CT molecular complexity index is 631. The molecule has 6 heteroatoms. The van der Waals surface area contributed by atoms with E-state index in [0.717, 1.165) is 30.2 Å². The molecule has 1 aliphatic rings. The predicted octanol–water partition coefficient (Wildman–Crippen LogP) is 3.03. The van der Waals surface area contributed by atoms with E-state index in [9.17, 15) is 4.79 Å². The number of aromatic amines is 1. The molecule has 5 nitrogen and oxygen atoms in total. The normalized spacial score (nSPS) is 16.1. The third-order valence-electron chi connectivity index (χ3n) is 3.89. The van der Waals surface area contributed by atoms with E-state index in [1.54, 1.807) is 0 Å². The number of piperidine rings is 1. The van der Waals surface area contributed by atoms with Crippen molar-refractivity contribution in [3.8, 4) is 11.3 Å². The summed E-state index contributed by atoms with van der Waals surface area (Å²) in [5, 5.41) is 17.1. The summed E-state index contributed by atoms with van der Waals surface area (Å²) in [6.45, 7) is 1.45. The van der Waals surface area contributed by atoms with Crippen LogP contribution in [0, 0.1) is 5.92 Å². The molecule has 1 aliphatic heterocycles. The van der Waals surface area contributed by atoms with Crippen LogP contribution in [-0.4, -0.2) is 34.4 Å². The number of nitrogens with one attached hydrogen (secondary N) is 1. The van der Waals surface area contributed by atoms with Gasteiger partial charge in [0.25, 0.3) is 0 Å². The standard InChI is InChI=1S/C15H16ClN3O2/c16-12-3-1-10(2-4-12)13-9-14(18-17-13)19-7-5-11(6-8-19)15(20)21/h1-4,9,11H,5-8H2,(H,17,18)(H,20,21). The van der Waals surface area contributed by atoms with E-state index >= 15 is 0 Å². The minimum atomic E-state index is -0.696. The van der Waals surface area contributed by atoms with Crippen molar-refractivity contribution in [3.05, 3.63) is 35.4 Å². The first-order chi connectivity index (χ1) is 10.1. The minimum absolute atomic E-state index is 0.226. The number of aliphatic carboxylic acids is 1. The van der Waals surface area contributed by atoms with Crippen LogP contribution in [0.5, 0.6) is 0 Å². The number of carbonyl (C=O) groups is 1. The number of hydrogen-bond acceptors (Lipinski definition) is 3. The second-order valence-corrected chi connectivity index (χ2v) is 5.68. The molecule has 0 bridgehead atoms. The highest BCUT2D eigenvalue weighted by Gasteiger charge is 2.25. The van der Waals surface area contributed by atoms with Crippen LogP contribution in [0.4, 0.5) is 5.82 Å². The van der Waals surface area contributed by atoms with Crippen LogP contribution >= 0.6 is 11.6 Å². The molecule has 21 heavy (non-hydrogen) atoms. The van der Waals surface area contributed by atoms with Crippen molar-refractivity contribution in [2.24, 2.45) is 5.92 Å². The van der Waals surface area contributed by atoms with Crippen LogP contribution in [0.1, 0.15) is 12.8 Å². The zero-order chi connectivity index (χ0) is 14.8. The summed E-state index contributed by atoms with van der Waals surface area (Å²) in [5.41, 5.74) is 1.96. The van der Waals surface area contributed by atoms with Gasteiger partial charge in [0, 0.05) is 24.2 Å². The Morgan fingerprint density at radius 1 is 1.29 bits per heavy atom. The first-order valence-electron chi connectivity index (χ1n) is 6.92. The van der Waals surface area contributed by atoms with Gasteiger partial charge in [-0.05, 0) is 30.5 Å². The summed E-state index contributed by atoms with van der Waals surface area (Å²) in [6, 6.07) is 9.56. The van der Waals surface area contributed by atoms with Gasteiger partial charge in [-0.15, -0.1) is 0 Å². The van der Waals surface area contributed by atoms with Gasteiger partial charge in [0.15, 0.2) is 5.82 Å². The molecule has 0 unspecified atom stereocenters. The van der Waals surface area contributed by atoms with E-state index in [-0.39, 0.29) is 5.92 Å². The maximum absolute atomic E-state index is 11.0. The molecule has 0 radical (unpaired) electrons. The molecular weight excluding hydrogens is 290 g/mol. The van der Waals surface area contributed by atoms with E-state index in [1.807, 2.05) is 30.3 Å². The molecule has 0 amide bonds. The topological polar surface area (TPSA) is 69.2 Å². The number of hydrogen-bond donors (Lipinski definition) is 2.